The number of aliphatic hydroxyl groups excluding tert-OH is 1. The second-order valence-corrected chi connectivity index (χ2v) is 4.95. The fraction of sp³-hybridized carbons (Fsp3) is 0.200. The highest BCUT2D eigenvalue weighted by Gasteiger charge is 2.22. The molecule has 0 bridgehead atoms. The van der Waals surface area contributed by atoms with Crippen molar-refractivity contribution in [1.29, 1.82) is 0 Å². The molecule has 0 atom stereocenters. The van der Waals surface area contributed by atoms with Crippen LogP contribution >= 0.6 is 0 Å². The van der Waals surface area contributed by atoms with Gasteiger partial charge < -0.3 is 10.0 Å². The van der Waals surface area contributed by atoms with Crippen LogP contribution in [0.25, 0.3) is 11.0 Å². The van der Waals surface area contributed by atoms with Gasteiger partial charge in [-0.2, -0.15) is 0 Å². The molecule has 0 spiro atoms. The van der Waals surface area contributed by atoms with Crippen molar-refractivity contribution < 1.29 is 14.7 Å². The topological polar surface area (TPSA) is 106 Å². The van der Waals surface area contributed by atoms with Gasteiger partial charge >= 0.3 is 5.69 Å². The number of fused-ring (bicyclic) bond motifs is 1. The quantitative estimate of drug-likeness (QED) is 0.548. The number of nitrogens with zero attached hydrogens (tertiary/aromatic N) is 4. The van der Waals surface area contributed by atoms with Gasteiger partial charge in [-0.3, -0.25) is 10.1 Å². The summed E-state index contributed by atoms with van der Waals surface area (Å²) in [4.78, 5) is 12.4. The normalized spacial score (nSPS) is 10.8. The lowest BCUT2D eigenvalue weighted by Crippen LogP contribution is -2.26. The first-order chi connectivity index (χ1) is 11.2. The van der Waals surface area contributed by atoms with Gasteiger partial charge in [0, 0.05) is 19.2 Å². The average Bonchev–Trinajstić information content (AvgIpc) is 3.04. The first-order valence-electron chi connectivity index (χ1n) is 7.00. The van der Waals surface area contributed by atoms with Crippen molar-refractivity contribution >= 4 is 22.4 Å². The lowest BCUT2D eigenvalue weighted by molar-refractivity contribution is -0.383. The number of hydrogen-bond donors (Lipinski definition) is 1. The summed E-state index contributed by atoms with van der Waals surface area (Å²) in [7, 11) is 0. The van der Waals surface area contributed by atoms with Gasteiger partial charge in [0.15, 0.2) is 5.52 Å². The molecule has 0 amide bonds. The van der Waals surface area contributed by atoms with Gasteiger partial charge in [0.1, 0.15) is 0 Å². The summed E-state index contributed by atoms with van der Waals surface area (Å²) in [6, 6.07) is 12.7. The van der Waals surface area contributed by atoms with Gasteiger partial charge in [-0.25, -0.2) is 4.63 Å². The molecule has 0 fully saturated rings. The Bertz CT molecular complexity index is 819. The largest absolute Gasteiger partial charge is 0.395 e. The third-order valence-electron chi connectivity index (χ3n) is 3.50. The molecule has 1 heterocycles. The van der Waals surface area contributed by atoms with E-state index in [0.29, 0.717) is 24.3 Å². The molecule has 1 aromatic heterocycles. The number of benzene rings is 2. The van der Waals surface area contributed by atoms with Crippen LogP contribution in [0.15, 0.2) is 47.1 Å². The van der Waals surface area contributed by atoms with E-state index in [0.717, 1.165) is 5.56 Å². The van der Waals surface area contributed by atoms with E-state index in [1.165, 1.54) is 6.07 Å². The Kier molecular flexibility index (Phi) is 4.15. The number of aliphatic hydroxyl groups is 1. The summed E-state index contributed by atoms with van der Waals surface area (Å²) in [5.41, 5.74) is 1.93. The lowest BCUT2D eigenvalue weighted by atomic mass is 10.1. The number of nitro benzene ring substituents is 1. The summed E-state index contributed by atoms with van der Waals surface area (Å²) < 4.78 is 4.68. The van der Waals surface area contributed by atoms with E-state index in [-0.39, 0.29) is 17.8 Å². The smallest absolute Gasteiger partial charge is 0.300 e. The van der Waals surface area contributed by atoms with Crippen LogP contribution in [0.3, 0.4) is 0 Å². The van der Waals surface area contributed by atoms with Crippen molar-refractivity contribution in [3.63, 3.8) is 0 Å². The van der Waals surface area contributed by atoms with Gasteiger partial charge in [-0.05, 0) is 21.9 Å². The molecule has 3 aromatic rings. The van der Waals surface area contributed by atoms with Crippen LogP contribution < -0.4 is 4.90 Å². The fourth-order valence-electron chi connectivity index (χ4n) is 2.45. The molecule has 3 rings (SSSR count). The van der Waals surface area contributed by atoms with Crippen LogP contribution in [0.5, 0.6) is 0 Å². The number of hydrogen-bond acceptors (Lipinski definition) is 7. The molecular formula is C15H14N4O4. The van der Waals surface area contributed by atoms with E-state index in [2.05, 4.69) is 14.9 Å². The second kappa shape index (κ2) is 6.41. The molecule has 0 saturated carbocycles. The Labute approximate surface area is 131 Å². The summed E-state index contributed by atoms with van der Waals surface area (Å²) in [6.07, 6.45) is 0. The van der Waals surface area contributed by atoms with Crippen LogP contribution in [0.1, 0.15) is 5.56 Å². The molecule has 0 saturated heterocycles. The molecular weight excluding hydrogens is 300 g/mol. The van der Waals surface area contributed by atoms with Gasteiger partial charge in [-0.1, -0.05) is 30.3 Å². The van der Waals surface area contributed by atoms with Crippen LogP contribution in [0, 0.1) is 10.1 Å². The van der Waals surface area contributed by atoms with Crippen LogP contribution in [0.2, 0.25) is 0 Å². The van der Waals surface area contributed by atoms with Gasteiger partial charge in [0.05, 0.1) is 17.2 Å². The number of anilines is 1. The molecule has 0 radical (unpaired) electrons. The van der Waals surface area contributed by atoms with Crippen molar-refractivity contribution in [3.8, 4) is 0 Å². The third kappa shape index (κ3) is 2.97. The number of aromatic nitrogens is 2. The first-order valence-corrected chi connectivity index (χ1v) is 7.00. The maximum Gasteiger partial charge on any atom is 0.300 e. The zero-order valence-electron chi connectivity index (χ0n) is 12.1. The molecule has 8 nitrogen and oxygen atoms in total. The Morgan fingerprint density at radius 3 is 2.57 bits per heavy atom. The predicted molar refractivity (Wildman–Crippen MR) is 83.0 cm³/mol. The zero-order chi connectivity index (χ0) is 16.2. The molecule has 2 aromatic carbocycles. The Morgan fingerprint density at radius 1 is 1.13 bits per heavy atom. The number of non-ortho nitro benzene ring substituents is 1. The summed E-state index contributed by atoms with van der Waals surface area (Å²) in [6.45, 7) is 0.826. The SMILES string of the molecule is O=[N+]([O-])c1ccc(N(CCO)Cc2ccccc2)c2nonc12. The molecule has 1 N–H and O–H groups in total. The molecule has 0 aliphatic rings. The minimum Gasteiger partial charge on any atom is -0.395 e. The maximum atomic E-state index is 11.1. The molecule has 0 aliphatic carbocycles. The Hall–Kier alpha value is -3.00. The van der Waals surface area contributed by atoms with Crippen molar-refractivity contribution in [2.45, 2.75) is 6.54 Å². The zero-order valence-corrected chi connectivity index (χ0v) is 12.1. The van der Waals surface area contributed by atoms with Gasteiger partial charge in [0.25, 0.3) is 0 Å². The Morgan fingerprint density at radius 2 is 1.87 bits per heavy atom. The molecule has 8 heteroatoms. The number of rotatable bonds is 6. The summed E-state index contributed by atoms with van der Waals surface area (Å²) in [5, 5.41) is 27.8. The van der Waals surface area contributed by atoms with Crippen molar-refractivity contribution in [1.82, 2.24) is 10.3 Å². The average molecular weight is 314 g/mol. The maximum absolute atomic E-state index is 11.1. The van der Waals surface area contributed by atoms with Crippen molar-refractivity contribution in [3.05, 3.63) is 58.1 Å². The van der Waals surface area contributed by atoms with E-state index >= 15 is 0 Å². The van der Waals surface area contributed by atoms with E-state index in [4.69, 9.17) is 0 Å². The van der Waals surface area contributed by atoms with E-state index in [9.17, 15) is 15.2 Å². The van der Waals surface area contributed by atoms with Crippen LogP contribution in [-0.2, 0) is 6.54 Å². The summed E-state index contributed by atoms with van der Waals surface area (Å²) >= 11 is 0. The van der Waals surface area contributed by atoms with Crippen molar-refractivity contribution in [2.75, 3.05) is 18.1 Å². The highest BCUT2D eigenvalue weighted by molar-refractivity contribution is 5.93. The highest BCUT2D eigenvalue weighted by atomic mass is 16.6. The third-order valence-corrected chi connectivity index (χ3v) is 3.50. The minimum atomic E-state index is -0.524. The standard InChI is InChI=1S/C15H14N4O4/c20-9-8-18(10-11-4-2-1-3-5-11)12-6-7-13(19(21)22)15-14(12)16-23-17-15/h1-7,20H,8-10H2. The number of nitro groups is 1. The molecule has 118 valence electrons. The second-order valence-electron chi connectivity index (χ2n) is 4.95. The minimum absolute atomic E-state index is 0.0589. The highest BCUT2D eigenvalue weighted by Crippen LogP contribution is 2.31. The Balaban J connectivity index is 2.03. The van der Waals surface area contributed by atoms with Crippen LogP contribution in [-0.4, -0.2) is 33.5 Å². The monoisotopic (exact) mass is 314 g/mol. The molecule has 0 unspecified atom stereocenters. The van der Waals surface area contributed by atoms with Gasteiger partial charge in [-0.15, -0.1) is 0 Å². The van der Waals surface area contributed by atoms with E-state index < -0.39 is 4.92 Å². The summed E-state index contributed by atoms with van der Waals surface area (Å²) in [5.74, 6) is 0. The van der Waals surface area contributed by atoms with E-state index in [1.54, 1.807) is 6.07 Å². The van der Waals surface area contributed by atoms with Gasteiger partial charge in [0.2, 0.25) is 5.52 Å². The molecule has 23 heavy (non-hydrogen) atoms. The van der Waals surface area contributed by atoms with Crippen LogP contribution in [0.4, 0.5) is 11.4 Å². The van der Waals surface area contributed by atoms with Crippen molar-refractivity contribution in [2.24, 2.45) is 0 Å². The predicted octanol–water partition coefficient (Wildman–Crippen LogP) is 2.13. The lowest BCUT2D eigenvalue weighted by Gasteiger charge is -2.24. The van der Waals surface area contributed by atoms with E-state index in [1.807, 2.05) is 35.2 Å². The fourth-order valence-corrected chi connectivity index (χ4v) is 2.45. The first kappa shape index (κ1) is 14.9. The molecule has 0 aliphatic heterocycles.